The summed E-state index contributed by atoms with van der Waals surface area (Å²) in [6, 6.07) is 5.67. The molecule has 0 aromatic carbocycles. The molecule has 0 spiro atoms. The Hall–Kier alpha value is -3.06. The van der Waals surface area contributed by atoms with Gasteiger partial charge in [0.15, 0.2) is 5.01 Å². The summed E-state index contributed by atoms with van der Waals surface area (Å²) in [5.41, 5.74) is 2.21. The molecule has 1 aliphatic carbocycles. The molecule has 3 N–H and O–H groups in total. The maximum absolute atomic E-state index is 13.0. The molecule has 0 bridgehead atoms. The maximum Gasteiger partial charge on any atom is 0.280 e. The van der Waals surface area contributed by atoms with Crippen molar-refractivity contribution in [3.8, 4) is 10.4 Å². The van der Waals surface area contributed by atoms with E-state index < -0.39 is 28.1 Å². The van der Waals surface area contributed by atoms with Crippen molar-refractivity contribution in [3.63, 3.8) is 0 Å². The van der Waals surface area contributed by atoms with Gasteiger partial charge in [-0.05, 0) is 44.0 Å². The van der Waals surface area contributed by atoms with Gasteiger partial charge in [0.2, 0.25) is 10.0 Å². The van der Waals surface area contributed by atoms with Crippen LogP contribution in [0, 0.1) is 0 Å². The van der Waals surface area contributed by atoms with Crippen molar-refractivity contribution in [2.24, 2.45) is 0 Å². The van der Waals surface area contributed by atoms with Gasteiger partial charge in [-0.2, -0.15) is 5.10 Å². The first-order chi connectivity index (χ1) is 16.7. The lowest BCUT2D eigenvalue weighted by Gasteiger charge is -2.21. The number of nitrogens with zero attached hydrogens (tertiary/aromatic N) is 4. The second-order valence-electron chi connectivity index (χ2n) is 8.27. The van der Waals surface area contributed by atoms with E-state index in [9.17, 15) is 18.3 Å². The Morgan fingerprint density at radius 2 is 2.06 bits per heavy atom. The van der Waals surface area contributed by atoms with E-state index in [0.29, 0.717) is 29.2 Å². The van der Waals surface area contributed by atoms with Crippen molar-refractivity contribution in [2.45, 2.75) is 37.2 Å². The largest absolute Gasteiger partial charge is 0.391 e. The van der Waals surface area contributed by atoms with Gasteiger partial charge < -0.3 is 10.4 Å². The van der Waals surface area contributed by atoms with E-state index in [-0.39, 0.29) is 10.3 Å². The van der Waals surface area contributed by atoms with Crippen LogP contribution in [0.25, 0.3) is 16.0 Å². The first kappa shape index (κ1) is 23.7. The van der Waals surface area contributed by atoms with Crippen molar-refractivity contribution >= 4 is 50.1 Å². The number of aromatic nitrogens is 4. The molecule has 1 fully saturated rings. The van der Waals surface area contributed by atoms with Crippen LogP contribution in [0.15, 0.2) is 49.1 Å². The predicted molar refractivity (Wildman–Crippen MR) is 133 cm³/mol. The number of aliphatic hydroxyl groups is 1. The van der Waals surface area contributed by atoms with Crippen LogP contribution in [0.2, 0.25) is 5.02 Å². The number of hydrogen-bond acceptors (Lipinski definition) is 8. The highest BCUT2D eigenvalue weighted by Gasteiger charge is 2.36. The number of thiazole rings is 1. The van der Waals surface area contributed by atoms with E-state index in [1.807, 2.05) is 0 Å². The van der Waals surface area contributed by atoms with Gasteiger partial charge >= 0.3 is 0 Å². The molecule has 0 saturated heterocycles. The highest BCUT2D eigenvalue weighted by atomic mass is 35.5. The fraction of sp³-hybridized carbons (Fsp3) is 0.273. The molecule has 0 aliphatic heterocycles. The number of carbonyl (C=O) groups excluding carboxylic acids is 1. The number of hydrogen-bond donors (Lipinski definition) is 3. The molecule has 1 aliphatic rings. The number of pyridine rings is 2. The van der Waals surface area contributed by atoms with Crippen LogP contribution in [0.1, 0.15) is 41.3 Å². The van der Waals surface area contributed by atoms with E-state index >= 15 is 0 Å². The molecule has 10 nitrogen and oxygen atoms in total. The SMILES string of the molecule is C[C@@H](O)[C@H](NC(=O)c1ncc(-c2cnn3ccc(Cl)cc23)s1)c1cc(NS(=O)(=O)C2CC2)ccn1. The molecule has 4 heterocycles. The van der Waals surface area contributed by atoms with E-state index in [1.165, 1.54) is 36.6 Å². The maximum atomic E-state index is 13.0. The number of anilines is 1. The van der Waals surface area contributed by atoms with E-state index in [4.69, 9.17) is 11.6 Å². The second-order valence-corrected chi connectivity index (χ2v) is 11.7. The van der Waals surface area contributed by atoms with Crippen LogP contribution in [0.3, 0.4) is 0 Å². The Kier molecular flexibility index (Phi) is 6.21. The van der Waals surface area contributed by atoms with Crippen LogP contribution < -0.4 is 10.0 Å². The van der Waals surface area contributed by atoms with Gasteiger partial charge in [-0.15, -0.1) is 11.3 Å². The standard InChI is InChI=1S/C22H21ClN6O4S2/c1-12(30)20(17-9-14(4-6-24-17)28-35(32,33)15-2-3-15)27-21(31)22-25-11-19(34-22)16-10-26-29-7-5-13(23)8-18(16)29/h4-12,15,20,30H,2-3H2,1H3,(H,24,28)(H,27,31)/t12-,20+/m1/s1. The van der Waals surface area contributed by atoms with E-state index in [1.54, 1.807) is 35.2 Å². The van der Waals surface area contributed by atoms with Gasteiger partial charge in [0.05, 0.1) is 45.4 Å². The first-order valence-electron chi connectivity index (χ1n) is 10.8. The Morgan fingerprint density at radius 1 is 1.26 bits per heavy atom. The number of halogens is 1. The van der Waals surface area contributed by atoms with Crippen molar-refractivity contribution in [2.75, 3.05) is 4.72 Å². The lowest BCUT2D eigenvalue weighted by molar-refractivity contribution is 0.0854. The number of amides is 1. The Balaban J connectivity index is 1.36. The molecule has 13 heteroatoms. The first-order valence-corrected chi connectivity index (χ1v) is 13.5. The minimum atomic E-state index is -3.46. The van der Waals surface area contributed by atoms with Crippen LogP contribution in [0.5, 0.6) is 0 Å². The number of nitrogens with one attached hydrogen (secondary N) is 2. The highest BCUT2D eigenvalue weighted by Crippen LogP contribution is 2.32. The van der Waals surface area contributed by atoms with Crippen LogP contribution in [-0.4, -0.2) is 50.4 Å². The van der Waals surface area contributed by atoms with Gasteiger partial charge in [0.1, 0.15) is 0 Å². The van der Waals surface area contributed by atoms with Crippen molar-refractivity contribution in [3.05, 3.63) is 64.8 Å². The fourth-order valence-corrected chi connectivity index (χ4v) is 5.98. The molecule has 0 radical (unpaired) electrons. The van der Waals surface area contributed by atoms with Crippen molar-refractivity contribution in [1.29, 1.82) is 0 Å². The molecule has 35 heavy (non-hydrogen) atoms. The molecule has 4 aromatic heterocycles. The van der Waals surface area contributed by atoms with Crippen molar-refractivity contribution < 1.29 is 18.3 Å². The summed E-state index contributed by atoms with van der Waals surface area (Å²) in [4.78, 5) is 22.2. The zero-order valence-corrected chi connectivity index (χ0v) is 20.8. The quantitative estimate of drug-likeness (QED) is 0.316. The van der Waals surface area contributed by atoms with Crippen molar-refractivity contribution in [1.82, 2.24) is 24.9 Å². The smallest absolute Gasteiger partial charge is 0.280 e. The molecule has 1 amide bonds. The Morgan fingerprint density at radius 3 is 2.80 bits per heavy atom. The van der Waals surface area contributed by atoms with Gasteiger partial charge in [-0.3, -0.25) is 14.5 Å². The molecule has 4 aromatic rings. The third kappa shape index (κ3) is 5.01. The van der Waals surface area contributed by atoms with Crippen LogP contribution >= 0.6 is 22.9 Å². The zero-order chi connectivity index (χ0) is 24.7. The molecule has 2 atom stereocenters. The summed E-state index contributed by atoms with van der Waals surface area (Å²) < 4.78 is 28.8. The van der Waals surface area contributed by atoms with Gasteiger partial charge in [0, 0.05) is 29.2 Å². The average molecular weight is 533 g/mol. The lowest BCUT2D eigenvalue weighted by Crippen LogP contribution is -2.35. The Labute approximate surface area is 210 Å². The van der Waals surface area contributed by atoms with Gasteiger partial charge in [0.25, 0.3) is 5.91 Å². The Bertz CT molecular complexity index is 1510. The fourth-order valence-electron chi connectivity index (χ4n) is 3.60. The predicted octanol–water partition coefficient (Wildman–Crippen LogP) is 3.26. The summed E-state index contributed by atoms with van der Waals surface area (Å²) in [6.07, 6.45) is 6.71. The number of fused-ring (bicyclic) bond motifs is 1. The van der Waals surface area contributed by atoms with Crippen LogP contribution in [-0.2, 0) is 10.0 Å². The third-order valence-corrected chi connectivity index (χ3v) is 8.67. The van der Waals surface area contributed by atoms with Crippen LogP contribution in [0.4, 0.5) is 5.69 Å². The normalized spacial score (nSPS) is 15.6. The summed E-state index contributed by atoms with van der Waals surface area (Å²) >= 11 is 7.29. The minimum Gasteiger partial charge on any atom is -0.391 e. The molecule has 182 valence electrons. The van der Waals surface area contributed by atoms with E-state index in [0.717, 1.165) is 16.0 Å². The van der Waals surface area contributed by atoms with Gasteiger partial charge in [-0.1, -0.05) is 11.6 Å². The number of sulfonamides is 1. The number of rotatable bonds is 8. The summed E-state index contributed by atoms with van der Waals surface area (Å²) in [5.74, 6) is -0.493. The summed E-state index contributed by atoms with van der Waals surface area (Å²) in [6.45, 7) is 1.52. The average Bonchev–Trinajstić information content (AvgIpc) is 3.44. The number of carbonyl (C=O) groups is 1. The molecule has 0 unspecified atom stereocenters. The minimum absolute atomic E-state index is 0.192. The topological polar surface area (TPSA) is 139 Å². The highest BCUT2D eigenvalue weighted by molar-refractivity contribution is 7.93. The zero-order valence-electron chi connectivity index (χ0n) is 18.4. The lowest BCUT2D eigenvalue weighted by atomic mass is 10.1. The second kappa shape index (κ2) is 9.19. The van der Waals surface area contributed by atoms with Gasteiger partial charge in [-0.25, -0.2) is 17.9 Å². The molecule has 5 rings (SSSR count). The monoisotopic (exact) mass is 532 g/mol. The molecular weight excluding hydrogens is 512 g/mol. The van der Waals surface area contributed by atoms with E-state index in [2.05, 4.69) is 25.1 Å². The molecular formula is C22H21ClN6O4S2. The summed E-state index contributed by atoms with van der Waals surface area (Å²) in [7, 11) is -3.46. The number of aliphatic hydroxyl groups excluding tert-OH is 1. The molecule has 1 saturated carbocycles. The summed E-state index contributed by atoms with van der Waals surface area (Å²) in [5, 5.41) is 17.8. The third-order valence-electron chi connectivity index (χ3n) is 5.54.